The summed E-state index contributed by atoms with van der Waals surface area (Å²) in [5.74, 6) is 0. The first-order chi connectivity index (χ1) is 6.11. The van der Waals surface area contributed by atoms with Crippen molar-refractivity contribution in [2.45, 2.75) is 20.8 Å². The molecule has 1 aromatic carbocycles. The van der Waals surface area contributed by atoms with Gasteiger partial charge in [0.2, 0.25) is 0 Å². The highest BCUT2D eigenvalue weighted by molar-refractivity contribution is 5.67. The number of hydrogen-bond acceptors (Lipinski definition) is 0. The van der Waals surface area contributed by atoms with Gasteiger partial charge in [0, 0.05) is 0 Å². The molecule has 0 aliphatic heterocycles. The second-order valence-electron chi connectivity index (χ2n) is 3.37. The Balaban J connectivity index is 3.56. The average Bonchev–Trinajstić information content (AvgIpc) is 2.04. The number of hydrogen-bond donors (Lipinski definition) is 0. The SMILES string of the molecule is C=Cc1c(C)cc(C)c(C=C)c1C. The molecule has 0 aliphatic carbocycles. The van der Waals surface area contributed by atoms with Gasteiger partial charge in [0.05, 0.1) is 0 Å². The van der Waals surface area contributed by atoms with Gasteiger partial charge in [-0.15, -0.1) is 0 Å². The molecule has 0 N–H and O–H groups in total. The lowest BCUT2D eigenvalue weighted by Crippen LogP contribution is -1.93. The molecule has 0 atom stereocenters. The van der Waals surface area contributed by atoms with E-state index in [4.69, 9.17) is 0 Å². The van der Waals surface area contributed by atoms with Crippen LogP contribution in [-0.4, -0.2) is 0 Å². The van der Waals surface area contributed by atoms with Crippen molar-refractivity contribution in [1.29, 1.82) is 0 Å². The average molecular weight is 172 g/mol. The minimum absolute atomic E-state index is 1.24. The Bertz CT molecular complexity index is 325. The van der Waals surface area contributed by atoms with Crippen LogP contribution in [-0.2, 0) is 0 Å². The van der Waals surface area contributed by atoms with Crippen LogP contribution in [0, 0.1) is 20.8 Å². The van der Waals surface area contributed by atoms with E-state index in [1.54, 1.807) is 0 Å². The summed E-state index contributed by atoms with van der Waals surface area (Å²) in [5.41, 5.74) is 6.33. The molecule has 1 rings (SSSR count). The molecule has 0 saturated carbocycles. The van der Waals surface area contributed by atoms with Gasteiger partial charge in [0.1, 0.15) is 0 Å². The molecular weight excluding hydrogens is 156 g/mol. The first kappa shape index (κ1) is 9.79. The Morgan fingerprint density at radius 2 is 1.31 bits per heavy atom. The molecule has 0 amide bonds. The van der Waals surface area contributed by atoms with Crippen LogP contribution >= 0.6 is 0 Å². The summed E-state index contributed by atoms with van der Waals surface area (Å²) in [6.45, 7) is 14.0. The van der Waals surface area contributed by atoms with Crippen molar-refractivity contribution in [2.75, 3.05) is 0 Å². The topological polar surface area (TPSA) is 0 Å². The minimum atomic E-state index is 1.24. The van der Waals surface area contributed by atoms with Gasteiger partial charge in [-0.1, -0.05) is 31.4 Å². The molecule has 68 valence electrons. The zero-order valence-corrected chi connectivity index (χ0v) is 8.65. The highest BCUT2D eigenvalue weighted by Gasteiger charge is 2.05. The maximum Gasteiger partial charge on any atom is -0.0198 e. The van der Waals surface area contributed by atoms with E-state index in [1.165, 1.54) is 27.8 Å². The summed E-state index contributed by atoms with van der Waals surface area (Å²) in [6.07, 6.45) is 3.83. The van der Waals surface area contributed by atoms with E-state index in [9.17, 15) is 0 Å². The minimum Gasteiger partial charge on any atom is -0.0984 e. The summed E-state index contributed by atoms with van der Waals surface area (Å²) in [5, 5.41) is 0. The fourth-order valence-electron chi connectivity index (χ4n) is 1.85. The number of rotatable bonds is 2. The predicted octanol–water partition coefficient (Wildman–Crippen LogP) is 3.90. The van der Waals surface area contributed by atoms with Gasteiger partial charge in [-0.3, -0.25) is 0 Å². The van der Waals surface area contributed by atoms with Crippen molar-refractivity contribution in [3.05, 3.63) is 47.0 Å². The van der Waals surface area contributed by atoms with Crippen LogP contribution in [0.25, 0.3) is 12.2 Å². The summed E-state index contributed by atoms with van der Waals surface area (Å²) in [4.78, 5) is 0. The molecule has 0 spiro atoms. The van der Waals surface area contributed by atoms with E-state index in [0.717, 1.165) is 0 Å². The fourth-order valence-corrected chi connectivity index (χ4v) is 1.85. The van der Waals surface area contributed by atoms with Crippen molar-refractivity contribution in [2.24, 2.45) is 0 Å². The van der Waals surface area contributed by atoms with Crippen molar-refractivity contribution >= 4 is 12.2 Å². The normalized spacial score (nSPS) is 9.77. The molecular formula is C13H16. The third kappa shape index (κ3) is 1.57. The van der Waals surface area contributed by atoms with Crippen LogP contribution in [0.2, 0.25) is 0 Å². The molecule has 0 radical (unpaired) electrons. The van der Waals surface area contributed by atoms with Gasteiger partial charge in [0.15, 0.2) is 0 Å². The lowest BCUT2D eigenvalue weighted by Gasteiger charge is -2.11. The Labute approximate surface area is 80.6 Å². The summed E-state index contributed by atoms with van der Waals surface area (Å²) >= 11 is 0. The van der Waals surface area contributed by atoms with E-state index in [1.807, 2.05) is 12.2 Å². The highest BCUT2D eigenvalue weighted by Crippen LogP contribution is 2.23. The summed E-state index contributed by atoms with van der Waals surface area (Å²) in [7, 11) is 0. The van der Waals surface area contributed by atoms with Crippen molar-refractivity contribution in [3.63, 3.8) is 0 Å². The van der Waals surface area contributed by atoms with Crippen LogP contribution in [0.5, 0.6) is 0 Å². The molecule has 0 aromatic heterocycles. The summed E-state index contributed by atoms with van der Waals surface area (Å²) < 4.78 is 0. The zero-order chi connectivity index (χ0) is 10.0. The Morgan fingerprint density at radius 3 is 1.62 bits per heavy atom. The molecule has 0 unspecified atom stereocenters. The number of benzene rings is 1. The van der Waals surface area contributed by atoms with Gasteiger partial charge in [0.25, 0.3) is 0 Å². The van der Waals surface area contributed by atoms with Crippen molar-refractivity contribution < 1.29 is 0 Å². The first-order valence-electron chi connectivity index (χ1n) is 4.47. The van der Waals surface area contributed by atoms with E-state index in [0.29, 0.717) is 0 Å². The third-order valence-electron chi connectivity index (χ3n) is 2.50. The molecule has 1 aromatic rings. The Morgan fingerprint density at radius 1 is 0.923 bits per heavy atom. The quantitative estimate of drug-likeness (QED) is 0.634. The monoisotopic (exact) mass is 172 g/mol. The lowest BCUT2D eigenvalue weighted by molar-refractivity contribution is 1.28. The van der Waals surface area contributed by atoms with Gasteiger partial charge < -0.3 is 0 Å². The molecule has 0 bridgehead atoms. The van der Waals surface area contributed by atoms with Crippen LogP contribution in [0.4, 0.5) is 0 Å². The lowest BCUT2D eigenvalue weighted by atomic mass is 9.93. The molecule has 0 nitrogen and oxygen atoms in total. The molecule has 0 heteroatoms. The van der Waals surface area contributed by atoms with E-state index in [2.05, 4.69) is 40.0 Å². The van der Waals surface area contributed by atoms with Gasteiger partial charge in [-0.25, -0.2) is 0 Å². The molecule has 0 saturated heterocycles. The van der Waals surface area contributed by atoms with Gasteiger partial charge >= 0.3 is 0 Å². The molecule has 13 heavy (non-hydrogen) atoms. The largest absolute Gasteiger partial charge is 0.0984 e. The van der Waals surface area contributed by atoms with Gasteiger partial charge in [-0.05, 0) is 48.6 Å². The smallest absolute Gasteiger partial charge is 0.0198 e. The van der Waals surface area contributed by atoms with Crippen LogP contribution < -0.4 is 0 Å². The summed E-state index contributed by atoms with van der Waals surface area (Å²) in [6, 6.07) is 2.18. The van der Waals surface area contributed by atoms with Gasteiger partial charge in [-0.2, -0.15) is 0 Å². The molecule has 0 aliphatic rings. The van der Waals surface area contributed by atoms with Crippen LogP contribution in [0.3, 0.4) is 0 Å². The standard InChI is InChI=1S/C13H16/c1-6-12-9(3)8-10(4)13(7-2)11(12)5/h6-8H,1-2H2,3-5H3. The van der Waals surface area contributed by atoms with Crippen LogP contribution in [0.15, 0.2) is 19.2 Å². The second kappa shape index (κ2) is 3.61. The third-order valence-corrected chi connectivity index (χ3v) is 2.50. The maximum atomic E-state index is 3.82. The van der Waals surface area contributed by atoms with Crippen molar-refractivity contribution in [1.82, 2.24) is 0 Å². The van der Waals surface area contributed by atoms with E-state index < -0.39 is 0 Å². The number of aryl methyl sites for hydroxylation is 2. The molecule has 0 heterocycles. The van der Waals surface area contributed by atoms with E-state index >= 15 is 0 Å². The second-order valence-corrected chi connectivity index (χ2v) is 3.37. The maximum absolute atomic E-state index is 3.82. The first-order valence-corrected chi connectivity index (χ1v) is 4.47. The van der Waals surface area contributed by atoms with E-state index in [-0.39, 0.29) is 0 Å². The fraction of sp³-hybridized carbons (Fsp3) is 0.231. The Hall–Kier alpha value is -1.30. The highest BCUT2D eigenvalue weighted by atomic mass is 14.1. The Kier molecular flexibility index (Phi) is 2.72. The zero-order valence-electron chi connectivity index (χ0n) is 8.65. The predicted molar refractivity (Wildman–Crippen MR) is 60.8 cm³/mol. The van der Waals surface area contributed by atoms with Crippen LogP contribution in [0.1, 0.15) is 27.8 Å². The van der Waals surface area contributed by atoms with Crippen molar-refractivity contribution in [3.8, 4) is 0 Å². The molecule has 0 fully saturated rings.